The summed E-state index contributed by atoms with van der Waals surface area (Å²) in [5.74, 6) is 1.39. The van der Waals surface area contributed by atoms with Gasteiger partial charge in [-0.1, -0.05) is 90.8 Å². The Morgan fingerprint density at radius 3 is 2.09 bits per heavy atom. The van der Waals surface area contributed by atoms with Crippen molar-refractivity contribution in [3.63, 3.8) is 0 Å². The Balaban J connectivity index is 2.24. The minimum absolute atomic E-state index is 0.636. The van der Waals surface area contributed by atoms with E-state index in [-0.39, 0.29) is 0 Å². The summed E-state index contributed by atoms with van der Waals surface area (Å²) in [7, 11) is 0. The van der Waals surface area contributed by atoms with Gasteiger partial charge in [0.1, 0.15) is 0 Å². The lowest BCUT2D eigenvalue weighted by Crippen LogP contribution is -2.07. The van der Waals surface area contributed by atoms with Crippen LogP contribution in [0.3, 0.4) is 0 Å². The predicted molar refractivity (Wildman–Crippen MR) is 105 cm³/mol. The van der Waals surface area contributed by atoms with Gasteiger partial charge in [0.05, 0.1) is 0 Å². The zero-order chi connectivity index (χ0) is 16.9. The molecule has 1 atom stereocenters. The maximum Gasteiger partial charge on any atom is 0.0375 e. The second-order valence-corrected chi connectivity index (χ2v) is 7.52. The van der Waals surface area contributed by atoms with Crippen molar-refractivity contribution in [2.75, 3.05) is 11.9 Å². The lowest BCUT2D eigenvalue weighted by molar-refractivity contribution is 0.524. The van der Waals surface area contributed by atoms with Crippen LogP contribution in [-0.4, -0.2) is 6.54 Å². The molecule has 0 saturated heterocycles. The normalized spacial score (nSPS) is 12.6. The maximum absolute atomic E-state index is 3.68. The van der Waals surface area contributed by atoms with E-state index in [2.05, 4.69) is 57.3 Å². The van der Waals surface area contributed by atoms with Crippen molar-refractivity contribution in [3.8, 4) is 0 Å². The molecule has 0 spiro atoms. The Kier molecular flexibility index (Phi) is 10.9. The van der Waals surface area contributed by atoms with Crippen molar-refractivity contribution in [2.24, 2.45) is 5.92 Å². The van der Waals surface area contributed by atoms with Gasteiger partial charge in [-0.3, -0.25) is 0 Å². The number of unbranched alkanes of at least 4 members (excludes halogenated alkanes) is 7. The predicted octanol–water partition coefficient (Wildman–Crippen LogP) is 7.39. The largest absolute Gasteiger partial charge is 0.385 e. The number of hydrogen-bond acceptors (Lipinski definition) is 1. The van der Waals surface area contributed by atoms with E-state index in [0.29, 0.717) is 5.92 Å². The Morgan fingerprint density at radius 2 is 1.43 bits per heavy atom. The summed E-state index contributed by atoms with van der Waals surface area (Å²) in [4.78, 5) is 0. The molecular weight excluding hydrogens is 278 g/mol. The molecule has 1 aromatic carbocycles. The van der Waals surface area contributed by atoms with Crippen molar-refractivity contribution in [3.05, 3.63) is 29.8 Å². The summed E-state index contributed by atoms with van der Waals surface area (Å²) in [6.07, 6.45) is 12.3. The van der Waals surface area contributed by atoms with Gasteiger partial charge in [0.15, 0.2) is 0 Å². The van der Waals surface area contributed by atoms with Crippen molar-refractivity contribution in [1.29, 1.82) is 0 Å². The fourth-order valence-electron chi connectivity index (χ4n) is 3.40. The van der Waals surface area contributed by atoms with E-state index < -0.39 is 0 Å². The summed E-state index contributed by atoms with van der Waals surface area (Å²) in [6.45, 7) is 10.4. The third-order valence-electron chi connectivity index (χ3n) is 4.66. The van der Waals surface area contributed by atoms with Gasteiger partial charge in [0.25, 0.3) is 0 Å². The monoisotopic (exact) mass is 317 g/mol. The SMILES string of the molecule is CCCCCCCCCCNc1ccccc1C(C)CC(C)C. The van der Waals surface area contributed by atoms with E-state index in [0.717, 1.165) is 12.5 Å². The molecule has 0 saturated carbocycles. The Hall–Kier alpha value is -0.980. The molecule has 0 aliphatic carbocycles. The van der Waals surface area contributed by atoms with E-state index in [1.807, 2.05) is 0 Å². The van der Waals surface area contributed by atoms with Crippen LogP contribution in [-0.2, 0) is 0 Å². The van der Waals surface area contributed by atoms with Gasteiger partial charge in [-0.15, -0.1) is 0 Å². The van der Waals surface area contributed by atoms with E-state index >= 15 is 0 Å². The molecule has 1 aromatic rings. The van der Waals surface area contributed by atoms with Gasteiger partial charge in [-0.2, -0.15) is 0 Å². The molecule has 0 bridgehead atoms. The zero-order valence-corrected chi connectivity index (χ0v) is 16.0. The molecule has 1 nitrogen and oxygen atoms in total. The standard InChI is InChI=1S/C22H39N/c1-5-6-7-8-9-10-11-14-17-23-22-16-13-12-15-21(22)20(4)18-19(2)3/h12-13,15-16,19-20,23H,5-11,14,17-18H2,1-4H3. The minimum Gasteiger partial charge on any atom is -0.385 e. The van der Waals surface area contributed by atoms with E-state index in [9.17, 15) is 0 Å². The summed E-state index contributed by atoms with van der Waals surface area (Å²) < 4.78 is 0. The first kappa shape index (κ1) is 20.1. The van der Waals surface area contributed by atoms with Crippen molar-refractivity contribution in [1.82, 2.24) is 0 Å². The highest BCUT2D eigenvalue weighted by Gasteiger charge is 2.11. The Bertz CT molecular complexity index is 397. The molecule has 0 amide bonds. The van der Waals surface area contributed by atoms with Crippen LogP contribution in [0.15, 0.2) is 24.3 Å². The maximum atomic E-state index is 3.68. The first-order valence-corrected chi connectivity index (χ1v) is 9.98. The minimum atomic E-state index is 0.636. The van der Waals surface area contributed by atoms with Gasteiger partial charge >= 0.3 is 0 Å². The highest BCUT2D eigenvalue weighted by molar-refractivity contribution is 5.52. The Morgan fingerprint density at radius 1 is 0.826 bits per heavy atom. The van der Waals surface area contributed by atoms with Gasteiger partial charge in [-0.25, -0.2) is 0 Å². The number of benzene rings is 1. The summed E-state index contributed by atoms with van der Waals surface area (Å²) >= 11 is 0. The van der Waals surface area contributed by atoms with Gasteiger partial charge in [-0.05, 0) is 36.3 Å². The molecule has 0 heterocycles. The molecule has 1 N–H and O–H groups in total. The molecule has 132 valence electrons. The average Bonchev–Trinajstić information content (AvgIpc) is 2.53. The molecule has 1 rings (SSSR count). The number of para-hydroxylation sites is 1. The zero-order valence-electron chi connectivity index (χ0n) is 16.0. The second-order valence-electron chi connectivity index (χ2n) is 7.52. The second kappa shape index (κ2) is 12.4. The van der Waals surface area contributed by atoms with Crippen LogP contribution in [0.25, 0.3) is 0 Å². The first-order chi connectivity index (χ1) is 11.1. The highest BCUT2D eigenvalue weighted by atomic mass is 14.9. The summed E-state index contributed by atoms with van der Waals surface area (Å²) in [6, 6.07) is 8.87. The van der Waals surface area contributed by atoms with Crippen molar-refractivity contribution < 1.29 is 0 Å². The lowest BCUT2D eigenvalue weighted by atomic mass is 9.91. The van der Waals surface area contributed by atoms with Crippen LogP contribution in [0, 0.1) is 5.92 Å². The molecule has 0 fully saturated rings. The molecular formula is C22H39N. The van der Waals surface area contributed by atoms with Crippen LogP contribution < -0.4 is 5.32 Å². The topological polar surface area (TPSA) is 12.0 Å². The molecule has 0 radical (unpaired) electrons. The third-order valence-corrected chi connectivity index (χ3v) is 4.66. The van der Waals surface area contributed by atoms with Crippen molar-refractivity contribution >= 4 is 5.69 Å². The average molecular weight is 318 g/mol. The summed E-state index contributed by atoms with van der Waals surface area (Å²) in [5, 5.41) is 3.68. The fourth-order valence-corrected chi connectivity index (χ4v) is 3.40. The number of rotatable bonds is 13. The smallest absolute Gasteiger partial charge is 0.0375 e. The molecule has 0 aliphatic heterocycles. The molecule has 0 aliphatic rings. The number of nitrogens with one attached hydrogen (secondary N) is 1. The van der Waals surface area contributed by atoms with Crippen LogP contribution in [0.4, 0.5) is 5.69 Å². The van der Waals surface area contributed by atoms with Crippen LogP contribution in [0.5, 0.6) is 0 Å². The van der Waals surface area contributed by atoms with Crippen LogP contribution >= 0.6 is 0 Å². The lowest BCUT2D eigenvalue weighted by Gasteiger charge is -2.19. The van der Waals surface area contributed by atoms with E-state index in [4.69, 9.17) is 0 Å². The third kappa shape index (κ3) is 9.03. The van der Waals surface area contributed by atoms with Crippen LogP contribution in [0.1, 0.15) is 97.0 Å². The van der Waals surface area contributed by atoms with Gasteiger partial charge in [0.2, 0.25) is 0 Å². The molecule has 23 heavy (non-hydrogen) atoms. The fraction of sp³-hybridized carbons (Fsp3) is 0.727. The quantitative estimate of drug-likeness (QED) is 0.374. The van der Waals surface area contributed by atoms with Gasteiger partial charge in [0, 0.05) is 12.2 Å². The number of hydrogen-bond donors (Lipinski definition) is 1. The summed E-state index contributed by atoms with van der Waals surface area (Å²) in [5.41, 5.74) is 2.84. The van der Waals surface area contributed by atoms with E-state index in [1.54, 1.807) is 0 Å². The van der Waals surface area contributed by atoms with E-state index in [1.165, 1.54) is 69.0 Å². The highest BCUT2D eigenvalue weighted by Crippen LogP contribution is 2.29. The molecule has 1 unspecified atom stereocenters. The Labute approximate surface area is 145 Å². The van der Waals surface area contributed by atoms with Crippen molar-refractivity contribution in [2.45, 2.75) is 91.4 Å². The molecule has 0 aromatic heterocycles. The van der Waals surface area contributed by atoms with Crippen LogP contribution in [0.2, 0.25) is 0 Å². The van der Waals surface area contributed by atoms with Gasteiger partial charge < -0.3 is 5.32 Å². The first-order valence-electron chi connectivity index (χ1n) is 9.98. The number of anilines is 1. The molecule has 1 heteroatoms.